The van der Waals surface area contributed by atoms with Crippen molar-refractivity contribution in [3.05, 3.63) is 78.0 Å². The number of ether oxygens (including phenoxy) is 2. The van der Waals surface area contributed by atoms with Gasteiger partial charge >= 0.3 is 6.09 Å². The van der Waals surface area contributed by atoms with Crippen LogP contribution in [0.25, 0.3) is 5.69 Å². The number of alkyl carbamates (subject to hydrolysis) is 1. The number of methoxy groups -OCH3 is 1. The molecule has 3 heterocycles. The van der Waals surface area contributed by atoms with Gasteiger partial charge < -0.3 is 31.2 Å². The number of anilines is 3. The highest BCUT2D eigenvalue weighted by molar-refractivity contribution is 5.98. The molecular formula is C28H32FN9O4. The zero-order valence-electron chi connectivity index (χ0n) is 23.8. The van der Waals surface area contributed by atoms with Gasteiger partial charge in [-0.15, -0.1) is 5.10 Å². The summed E-state index contributed by atoms with van der Waals surface area (Å²) in [4.78, 5) is 33.4. The Hall–Kier alpha value is -5.27. The molecule has 4 aromatic rings. The molecule has 0 aliphatic rings. The molecule has 0 saturated carbocycles. The van der Waals surface area contributed by atoms with Crippen molar-refractivity contribution in [1.29, 1.82) is 0 Å². The molecule has 0 fully saturated rings. The van der Waals surface area contributed by atoms with E-state index in [9.17, 15) is 9.59 Å². The number of primary amides is 1. The lowest BCUT2D eigenvalue weighted by Crippen LogP contribution is -2.42. The standard InChI is InChI=1S/C28H32FN9O4/c1-16(33-27(40)42-28(2,3)4)22(17-9-7-6-8-10-17)35-25-20(29)14-19(23(30)39)24(36-25)34-18-13-21(26(41-5)31-15-18)38-12-11-32-37-38/h6-16,22H,1-5H3,(H2,30,39)(H,33,40)(H2,34,35,36)/t16-,22-/m0/s1. The molecule has 2 atom stereocenters. The summed E-state index contributed by atoms with van der Waals surface area (Å²) < 4.78 is 27.5. The first-order chi connectivity index (χ1) is 19.9. The second kappa shape index (κ2) is 12.5. The molecule has 3 aromatic heterocycles. The van der Waals surface area contributed by atoms with Crippen molar-refractivity contribution >= 4 is 29.3 Å². The van der Waals surface area contributed by atoms with Crippen molar-refractivity contribution in [3.8, 4) is 11.6 Å². The van der Waals surface area contributed by atoms with Gasteiger partial charge in [0.2, 0.25) is 5.88 Å². The van der Waals surface area contributed by atoms with Crippen LogP contribution in [0.4, 0.5) is 26.5 Å². The zero-order chi connectivity index (χ0) is 30.4. The van der Waals surface area contributed by atoms with E-state index in [0.29, 0.717) is 11.4 Å². The number of nitrogens with zero attached hydrogens (tertiary/aromatic N) is 5. The molecule has 0 unspecified atom stereocenters. The van der Waals surface area contributed by atoms with E-state index >= 15 is 4.39 Å². The maximum absolute atomic E-state index is 15.4. The molecule has 2 amide bonds. The molecule has 0 spiro atoms. The minimum Gasteiger partial charge on any atom is -0.479 e. The fraction of sp³-hybridized carbons (Fsp3) is 0.286. The number of hydrogen-bond donors (Lipinski definition) is 4. The number of amides is 2. The lowest BCUT2D eigenvalue weighted by Gasteiger charge is -2.29. The van der Waals surface area contributed by atoms with Gasteiger partial charge in [0.15, 0.2) is 11.6 Å². The predicted molar refractivity (Wildman–Crippen MR) is 153 cm³/mol. The molecule has 0 radical (unpaired) electrons. The van der Waals surface area contributed by atoms with Crippen molar-refractivity contribution in [1.82, 2.24) is 30.3 Å². The lowest BCUT2D eigenvalue weighted by atomic mass is 10.0. The molecule has 220 valence electrons. The second-order valence-electron chi connectivity index (χ2n) is 10.3. The topological polar surface area (TPSA) is 171 Å². The van der Waals surface area contributed by atoms with E-state index in [0.717, 1.165) is 11.6 Å². The van der Waals surface area contributed by atoms with Gasteiger partial charge in [-0.1, -0.05) is 35.5 Å². The van der Waals surface area contributed by atoms with E-state index in [1.807, 2.05) is 30.3 Å². The van der Waals surface area contributed by atoms with Crippen molar-refractivity contribution in [2.75, 3.05) is 17.7 Å². The maximum Gasteiger partial charge on any atom is 0.407 e. The third kappa shape index (κ3) is 7.27. The highest BCUT2D eigenvalue weighted by atomic mass is 19.1. The second-order valence-corrected chi connectivity index (χ2v) is 10.3. The largest absolute Gasteiger partial charge is 0.479 e. The van der Waals surface area contributed by atoms with Gasteiger partial charge in [-0.25, -0.2) is 23.8 Å². The van der Waals surface area contributed by atoms with Crippen molar-refractivity contribution in [2.45, 2.75) is 45.4 Å². The van der Waals surface area contributed by atoms with Gasteiger partial charge in [0.25, 0.3) is 5.91 Å². The quantitative estimate of drug-likeness (QED) is 0.215. The molecule has 0 bridgehead atoms. The average Bonchev–Trinajstić information content (AvgIpc) is 3.47. The molecule has 13 nitrogen and oxygen atoms in total. The van der Waals surface area contributed by atoms with Crippen LogP contribution in [0.15, 0.2) is 61.1 Å². The number of nitrogens with one attached hydrogen (secondary N) is 3. The first-order valence-corrected chi connectivity index (χ1v) is 12.9. The summed E-state index contributed by atoms with van der Waals surface area (Å²) >= 11 is 0. The summed E-state index contributed by atoms with van der Waals surface area (Å²) in [6, 6.07) is 10.5. The monoisotopic (exact) mass is 577 g/mol. The van der Waals surface area contributed by atoms with Crippen LogP contribution in [0.2, 0.25) is 0 Å². The summed E-state index contributed by atoms with van der Waals surface area (Å²) in [5.41, 5.74) is 6.24. The molecule has 4 rings (SSSR count). The molecule has 1 aromatic carbocycles. The number of pyridine rings is 2. The molecule has 42 heavy (non-hydrogen) atoms. The number of hydrogen-bond acceptors (Lipinski definition) is 10. The molecule has 0 aliphatic carbocycles. The van der Waals surface area contributed by atoms with Crippen LogP contribution in [0.1, 0.15) is 49.7 Å². The summed E-state index contributed by atoms with van der Waals surface area (Å²) in [7, 11) is 1.46. The van der Waals surface area contributed by atoms with Crippen LogP contribution in [0.5, 0.6) is 5.88 Å². The maximum atomic E-state index is 15.4. The van der Waals surface area contributed by atoms with Crippen LogP contribution in [0.3, 0.4) is 0 Å². The first-order valence-electron chi connectivity index (χ1n) is 12.9. The molecule has 5 N–H and O–H groups in total. The van der Waals surface area contributed by atoms with Crippen molar-refractivity contribution < 1.29 is 23.5 Å². The lowest BCUT2D eigenvalue weighted by molar-refractivity contribution is 0.0503. The van der Waals surface area contributed by atoms with Gasteiger partial charge in [-0.2, -0.15) is 0 Å². The number of aromatic nitrogens is 5. The van der Waals surface area contributed by atoms with Gasteiger partial charge in [-0.3, -0.25) is 4.79 Å². The summed E-state index contributed by atoms with van der Waals surface area (Å²) in [5, 5.41) is 16.6. The molecular weight excluding hydrogens is 545 g/mol. The Balaban J connectivity index is 1.69. The highest BCUT2D eigenvalue weighted by Gasteiger charge is 2.26. The number of halogens is 1. The Bertz CT molecular complexity index is 1540. The van der Waals surface area contributed by atoms with E-state index in [4.69, 9.17) is 15.2 Å². The predicted octanol–water partition coefficient (Wildman–Crippen LogP) is 4.11. The minimum absolute atomic E-state index is 0.0255. The van der Waals surface area contributed by atoms with Gasteiger partial charge in [0.05, 0.1) is 49.0 Å². The van der Waals surface area contributed by atoms with Gasteiger partial charge in [0.1, 0.15) is 17.1 Å². The van der Waals surface area contributed by atoms with Crippen molar-refractivity contribution in [3.63, 3.8) is 0 Å². The smallest absolute Gasteiger partial charge is 0.407 e. The fourth-order valence-corrected chi connectivity index (χ4v) is 4.06. The van der Waals surface area contributed by atoms with Crippen LogP contribution in [0, 0.1) is 5.82 Å². The number of nitrogens with two attached hydrogens (primary N) is 1. The zero-order valence-corrected chi connectivity index (χ0v) is 23.8. The van der Waals surface area contributed by atoms with Gasteiger partial charge in [-0.05, 0) is 45.4 Å². The first kappa shape index (κ1) is 29.7. The number of carbonyl (C=O) groups excluding carboxylic acids is 2. The van der Waals surface area contributed by atoms with Crippen LogP contribution >= 0.6 is 0 Å². The Morgan fingerprint density at radius 2 is 1.86 bits per heavy atom. The summed E-state index contributed by atoms with van der Waals surface area (Å²) in [6.45, 7) is 7.01. The number of carbonyl (C=O) groups is 2. The Labute approximate surface area is 241 Å². The Kier molecular flexibility index (Phi) is 8.84. The third-order valence-corrected chi connectivity index (χ3v) is 5.89. The normalized spacial score (nSPS) is 12.6. The number of benzene rings is 1. The summed E-state index contributed by atoms with van der Waals surface area (Å²) in [5.74, 6) is -1.66. The molecule has 0 saturated heterocycles. The SMILES string of the molecule is COc1ncc(Nc2nc(N[C@H](c3ccccc3)[C@H](C)NC(=O)OC(C)(C)C)c(F)cc2C(N)=O)cc1-n1ccnn1. The van der Waals surface area contributed by atoms with Crippen LogP contribution < -0.4 is 26.4 Å². The third-order valence-electron chi connectivity index (χ3n) is 5.89. The Morgan fingerprint density at radius 3 is 2.48 bits per heavy atom. The molecule has 0 aliphatic heterocycles. The van der Waals surface area contributed by atoms with E-state index in [1.165, 1.54) is 24.2 Å². The van der Waals surface area contributed by atoms with Crippen LogP contribution in [-0.4, -0.2) is 55.7 Å². The van der Waals surface area contributed by atoms with E-state index < -0.39 is 35.5 Å². The van der Waals surface area contributed by atoms with Gasteiger partial charge in [0, 0.05) is 0 Å². The summed E-state index contributed by atoms with van der Waals surface area (Å²) in [6.07, 6.45) is 3.91. The van der Waals surface area contributed by atoms with E-state index in [-0.39, 0.29) is 23.1 Å². The highest BCUT2D eigenvalue weighted by Crippen LogP contribution is 2.30. The van der Waals surface area contributed by atoms with E-state index in [1.54, 1.807) is 40.0 Å². The Morgan fingerprint density at radius 1 is 1.12 bits per heavy atom. The molecule has 14 heteroatoms. The average molecular weight is 578 g/mol. The fourth-order valence-electron chi connectivity index (χ4n) is 4.06. The van der Waals surface area contributed by atoms with Crippen molar-refractivity contribution in [2.24, 2.45) is 5.73 Å². The number of rotatable bonds is 10. The van der Waals surface area contributed by atoms with Crippen LogP contribution in [-0.2, 0) is 4.74 Å². The minimum atomic E-state index is -0.895. The van der Waals surface area contributed by atoms with E-state index in [2.05, 4.69) is 36.2 Å².